The van der Waals surface area contributed by atoms with E-state index in [0.29, 0.717) is 12.1 Å². The van der Waals surface area contributed by atoms with Gasteiger partial charge in [0.2, 0.25) is 0 Å². The summed E-state index contributed by atoms with van der Waals surface area (Å²) in [6, 6.07) is 0. The van der Waals surface area contributed by atoms with Gasteiger partial charge in [-0.2, -0.15) is 0 Å². The Morgan fingerprint density at radius 3 is 2.60 bits per heavy atom. The molecule has 0 aromatic rings. The van der Waals surface area contributed by atoms with E-state index in [0.717, 1.165) is 18.4 Å². The number of rotatable bonds is 6. The molecule has 0 amide bonds. The van der Waals surface area contributed by atoms with Gasteiger partial charge in [0.1, 0.15) is 0 Å². The first-order chi connectivity index (χ1) is 7.21. The van der Waals surface area contributed by atoms with Crippen LogP contribution >= 0.6 is 0 Å². The van der Waals surface area contributed by atoms with Crippen molar-refractivity contribution in [3.63, 3.8) is 0 Å². The lowest BCUT2D eigenvalue weighted by atomic mass is 10.0. The summed E-state index contributed by atoms with van der Waals surface area (Å²) in [4.78, 5) is 11.5. The van der Waals surface area contributed by atoms with Gasteiger partial charge in [0.05, 0.1) is 12.7 Å². The number of esters is 1. The first-order valence-electron chi connectivity index (χ1n) is 4.97. The first kappa shape index (κ1) is 13.7. The standard InChI is InChI=1S/C12H19NO2/c1-4-7-11(12(14)15-3)10(5-2)8-6-9-13/h4-5,7H,1,6,8-9,13H2,2-3H3/b10-5-,11-7+. The van der Waals surface area contributed by atoms with E-state index in [4.69, 9.17) is 10.5 Å². The third kappa shape index (κ3) is 4.61. The first-order valence-corrected chi connectivity index (χ1v) is 4.97. The summed E-state index contributed by atoms with van der Waals surface area (Å²) in [5.41, 5.74) is 6.94. The molecule has 3 heteroatoms. The smallest absolute Gasteiger partial charge is 0.338 e. The van der Waals surface area contributed by atoms with Crippen molar-refractivity contribution in [2.75, 3.05) is 13.7 Å². The fraction of sp³-hybridized carbons (Fsp3) is 0.417. The predicted molar refractivity (Wildman–Crippen MR) is 62.3 cm³/mol. The summed E-state index contributed by atoms with van der Waals surface area (Å²) in [5.74, 6) is -0.333. The Balaban J connectivity index is 4.80. The van der Waals surface area contributed by atoms with Crippen LogP contribution in [0.1, 0.15) is 19.8 Å². The number of allylic oxidation sites excluding steroid dienone is 3. The van der Waals surface area contributed by atoms with Gasteiger partial charge in [0.15, 0.2) is 0 Å². The third-order valence-electron chi connectivity index (χ3n) is 2.03. The SMILES string of the molecule is C=C/C=C(C(=O)OC)\C(=C/C)CCCN. The zero-order valence-corrected chi connectivity index (χ0v) is 9.45. The number of carbonyl (C=O) groups is 1. The summed E-state index contributed by atoms with van der Waals surface area (Å²) < 4.78 is 4.70. The molecule has 2 N–H and O–H groups in total. The number of nitrogens with two attached hydrogens (primary N) is 1. The van der Waals surface area contributed by atoms with Gasteiger partial charge in [-0.25, -0.2) is 4.79 Å². The molecule has 0 unspecified atom stereocenters. The van der Waals surface area contributed by atoms with E-state index in [1.165, 1.54) is 7.11 Å². The lowest BCUT2D eigenvalue weighted by molar-refractivity contribution is -0.135. The number of methoxy groups -OCH3 is 1. The molecule has 15 heavy (non-hydrogen) atoms. The molecule has 0 atom stereocenters. The van der Waals surface area contributed by atoms with Crippen molar-refractivity contribution >= 4 is 5.97 Å². The Morgan fingerprint density at radius 1 is 1.53 bits per heavy atom. The Bertz CT molecular complexity index is 277. The Labute approximate surface area is 91.3 Å². The van der Waals surface area contributed by atoms with Gasteiger partial charge in [-0.3, -0.25) is 0 Å². The van der Waals surface area contributed by atoms with Gasteiger partial charge in [0.25, 0.3) is 0 Å². The summed E-state index contributed by atoms with van der Waals surface area (Å²) in [6.07, 6.45) is 6.78. The highest BCUT2D eigenvalue weighted by atomic mass is 16.5. The van der Waals surface area contributed by atoms with E-state index in [-0.39, 0.29) is 5.97 Å². The van der Waals surface area contributed by atoms with Gasteiger partial charge in [-0.05, 0) is 38.0 Å². The predicted octanol–water partition coefficient (Wildman–Crippen LogP) is 1.96. The maximum atomic E-state index is 11.5. The van der Waals surface area contributed by atoms with Crippen molar-refractivity contribution < 1.29 is 9.53 Å². The molecule has 0 rings (SSSR count). The molecule has 0 bridgehead atoms. The number of carbonyl (C=O) groups excluding carboxylic acids is 1. The maximum absolute atomic E-state index is 11.5. The van der Waals surface area contributed by atoms with E-state index in [9.17, 15) is 4.79 Å². The van der Waals surface area contributed by atoms with Crippen LogP contribution in [0.15, 0.2) is 36.0 Å². The second-order valence-corrected chi connectivity index (χ2v) is 3.01. The molecule has 0 aliphatic heterocycles. The van der Waals surface area contributed by atoms with Crippen LogP contribution in [0.5, 0.6) is 0 Å². The third-order valence-corrected chi connectivity index (χ3v) is 2.03. The van der Waals surface area contributed by atoms with Crippen molar-refractivity contribution in [3.8, 4) is 0 Å². The molecule has 0 saturated carbocycles. The molecule has 0 radical (unpaired) electrons. The minimum Gasteiger partial charge on any atom is -0.465 e. The van der Waals surface area contributed by atoms with E-state index in [1.54, 1.807) is 12.2 Å². The van der Waals surface area contributed by atoms with E-state index in [2.05, 4.69) is 6.58 Å². The minimum absolute atomic E-state index is 0.333. The highest BCUT2D eigenvalue weighted by Crippen LogP contribution is 2.17. The van der Waals surface area contributed by atoms with Crippen LogP contribution in [0, 0.1) is 0 Å². The molecule has 0 aliphatic rings. The molecule has 3 nitrogen and oxygen atoms in total. The molecular weight excluding hydrogens is 190 g/mol. The second kappa shape index (κ2) is 8.00. The monoisotopic (exact) mass is 209 g/mol. The van der Waals surface area contributed by atoms with Crippen LogP contribution in [-0.2, 0) is 9.53 Å². The lowest BCUT2D eigenvalue weighted by Gasteiger charge is -2.08. The second-order valence-electron chi connectivity index (χ2n) is 3.01. The highest BCUT2D eigenvalue weighted by molar-refractivity contribution is 5.93. The fourth-order valence-electron chi connectivity index (χ4n) is 1.26. The molecule has 0 aromatic carbocycles. The molecule has 0 heterocycles. The van der Waals surface area contributed by atoms with Gasteiger partial charge in [-0.1, -0.05) is 18.7 Å². The zero-order valence-electron chi connectivity index (χ0n) is 9.45. The normalized spacial score (nSPS) is 12.5. The average Bonchev–Trinajstić information content (AvgIpc) is 2.27. The Morgan fingerprint density at radius 2 is 2.20 bits per heavy atom. The van der Waals surface area contributed by atoms with Crippen molar-refractivity contribution in [1.82, 2.24) is 0 Å². The Kier molecular flexibility index (Phi) is 7.28. The van der Waals surface area contributed by atoms with Crippen LogP contribution in [0.25, 0.3) is 0 Å². The number of hydrogen-bond acceptors (Lipinski definition) is 3. The van der Waals surface area contributed by atoms with Gasteiger partial charge < -0.3 is 10.5 Å². The van der Waals surface area contributed by atoms with Gasteiger partial charge in [0, 0.05) is 0 Å². The number of hydrogen-bond donors (Lipinski definition) is 1. The van der Waals surface area contributed by atoms with Crippen LogP contribution < -0.4 is 5.73 Å². The quantitative estimate of drug-likeness (QED) is 0.413. The summed E-state index contributed by atoms with van der Waals surface area (Å²) in [7, 11) is 1.37. The molecule has 0 spiro atoms. The molecule has 0 aromatic heterocycles. The molecule has 84 valence electrons. The van der Waals surface area contributed by atoms with E-state index >= 15 is 0 Å². The van der Waals surface area contributed by atoms with E-state index in [1.807, 2.05) is 13.0 Å². The maximum Gasteiger partial charge on any atom is 0.338 e. The van der Waals surface area contributed by atoms with Crippen LogP contribution in [0.4, 0.5) is 0 Å². The fourth-order valence-corrected chi connectivity index (χ4v) is 1.26. The largest absolute Gasteiger partial charge is 0.465 e. The van der Waals surface area contributed by atoms with Crippen LogP contribution in [0.2, 0.25) is 0 Å². The van der Waals surface area contributed by atoms with Crippen LogP contribution in [-0.4, -0.2) is 19.6 Å². The highest BCUT2D eigenvalue weighted by Gasteiger charge is 2.12. The van der Waals surface area contributed by atoms with Crippen molar-refractivity contribution in [1.29, 1.82) is 0 Å². The zero-order chi connectivity index (χ0) is 11.7. The number of ether oxygens (including phenoxy) is 1. The van der Waals surface area contributed by atoms with Crippen LogP contribution in [0.3, 0.4) is 0 Å². The van der Waals surface area contributed by atoms with Crippen molar-refractivity contribution in [2.24, 2.45) is 5.73 Å². The minimum atomic E-state index is -0.333. The molecular formula is C12H19NO2. The Hall–Kier alpha value is -1.35. The van der Waals surface area contributed by atoms with Crippen molar-refractivity contribution in [3.05, 3.63) is 36.0 Å². The summed E-state index contributed by atoms with van der Waals surface area (Å²) in [6.45, 7) is 6.08. The molecule has 0 aliphatic carbocycles. The van der Waals surface area contributed by atoms with Crippen molar-refractivity contribution in [2.45, 2.75) is 19.8 Å². The van der Waals surface area contributed by atoms with E-state index < -0.39 is 0 Å². The summed E-state index contributed by atoms with van der Waals surface area (Å²) in [5, 5.41) is 0. The van der Waals surface area contributed by atoms with Gasteiger partial charge in [-0.15, -0.1) is 0 Å². The average molecular weight is 209 g/mol. The lowest BCUT2D eigenvalue weighted by Crippen LogP contribution is -2.08. The molecule has 0 saturated heterocycles. The summed E-state index contributed by atoms with van der Waals surface area (Å²) >= 11 is 0. The molecule has 0 fully saturated rings. The van der Waals surface area contributed by atoms with Gasteiger partial charge >= 0.3 is 5.97 Å². The topological polar surface area (TPSA) is 52.3 Å².